The van der Waals surface area contributed by atoms with Crippen LogP contribution in [0.2, 0.25) is 0 Å². The average Bonchev–Trinajstić information content (AvgIpc) is 3.06. The third-order valence-electron chi connectivity index (χ3n) is 3.13. The van der Waals surface area contributed by atoms with Gasteiger partial charge in [0.1, 0.15) is 0 Å². The van der Waals surface area contributed by atoms with Gasteiger partial charge in [0.25, 0.3) is 10.0 Å². The Bertz CT molecular complexity index is 873. The van der Waals surface area contributed by atoms with Crippen molar-refractivity contribution >= 4 is 21.8 Å². The molecule has 0 atom stereocenters. The van der Waals surface area contributed by atoms with Crippen molar-refractivity contribution in [3.05, 3.63) is 61.2 Å². The van der Waals surface area contributed by atoms with Crippen LogP contribution in [0, 0.1) is 0 Å². The number of aromatic nitrogens is 3. The number of nitrogens with zero attached hydrogens (tertiary/aromatic N) is 3. The van der Waals surface area contributed by atoms with Crippen molar-refractivity contribution in [2.24, 2.45) is 0 Å². The molecular weight excluding hydrogens is 318 g/mol. The van der Waals surface area contributed by atoms with E-state index in [1.54, 1.807) is 55.0 Å². The minimum absolute atomic E-state index is 0.256. The number of thioether (sulfide) groups is 1. The van der Waals surface area contributed by atoms with Gasteiger partial charge in [-0.25, -0.2) is 22.4 Å². The van der Waals surface area contributed by atoms with Crippen molar-refractivity contribution in [3.63, 3.8) is 0 Å². The van der Waals surface area contributed by atoms with E-state index in [0.717, 1.165) is 11.1 Å². The van der Waals surface area contributed by atoms with Crippen LogP contribution < -0.4 is 0 Å². The van der Waals surface area contributed by atoms with E-state index in [9.17, 15) is 8.42 Å². The Kier molecular flexibility index (Phi) is 4.00. The Morgan fingerprint density at radius 3 is 2.32 bits per heavy atom. The maximum absolute atomic E-state index is 12.5. The Morgan fingerprint density at radius 1 is 1.00 bits per heavy atom. The smallest absolute Gasteiger partial charge is 0.248 e. The maximum Gasteiger partial charge on any atom is 0.267 e. The molecule has 0 aliphatic heterocycles. The van der Waals surface area contributed by atoms with Gasteiger partial charge >= 0.3 is 0 Å². The van der Waals surface area contributed by atoms with Gasteiger partial charge in [0.05, 0.1) is 4.90 Å². The van der Waals surface area contributed by atoms with Gasteiger partial charge in [-0.2, -0.15) is 0 Å². The van der Waals surface area contributed by atoms with Gasteiger partial charge in [-0.1, -0.05) is 30.0 Å². The maximum atomic E-state index is 12.5. The first-order chi connectivity index (χ1) is 10.6. The second-order valence-corrected chi connectivity index (χ2v) is 7.12. The van der Waals surface area contributed by atoms with Gasteiger partial charge < -0.3 is 0 Å². The molecule has 0 fully saturated rings. The number of hydrogen-bond donors (Lipinski definition) is 0. The van der Waals surface area contributed by atoms with E-state index in [4.69, 9.17) is 0 Å². The number of hydrogen-bond acceptors (Lipinski definition) is 5. The Balaban J connectivity index is 1.96. The Morgan fingerprint density at radius 2 is 1.68 bits per heavy atom. The molecule has 2 aromatic heterocycles. The lowest BCUT2D eigenvalue weighted by Gasteiger charge is -2.05. The first-order valence-corrected chi connectivity index (χ1v) is 9.13. The van der Waals surface area contributed by atoms with E-state index in [1.807, 2.05) is 6.26 Å². The molecule has 5 nitrogen and oxygen atoms in total. The van der Waals surface area contributed by atoms with E-state index >= 15 is 0 Å². The summed E-state index contributed by atoms with van der Waals surface area (Å²) in [5.41, 5.74) is 1.53. The molecule has 0 saturated carbocycles. The summed E-state index contributed by atoms with van der Waals surface area (Å²) in [6.45, 7) is 0. The van der Waals surface area contributed by atoms with Crippen LogP contribution in [-0.2, 0) is 10.0 Å². The summed E-state index contributed by atoms with van der Waals surface area (Å²) in [5.74, 6) is 0. The van der Waals surface area contributed by atoms with E-state index in [-0.39, 0.29) is 4.90 Å². The van der Waals surface area contributed by atoms with Crippen LogP contribution in [0.1, 0.15) is 0 Å². The van der Waals surface area contributed by atoms with Gasteiger partial charge in [0.15, 0.2) is 5.16 Å². The zero-order valence-corrected chi connectivity index (χ0v) is 13.4. The van der Waals surface area contributed by atoms with E-state index in [1.165, 1.54) is 21.9 Å². The van der Waals surface area contributed by atoms with Crippen LogP contribution in [0.3, 0.4) is 0 Å². The predicted molar refractivity (Wildman–Crippen MR) is 86.3 cm³/mol. The molecule has 0 saturated heterocycles. The zero-order valence-electron chi connectivity index (χ0n) is 11.7. The Labute approximate surface area is 133 Å². The molecular formula is C15H13N3O2S2. The second-order valence-electron chi connectivity index (χ2n) is 4.51. The molecule has 3 aromatic rings. The van der Waals surface area contributed by atoms with E-state index < -0.39 is 10.0 Å². The fraction of sp³-hybridized carbons (Fsp3) is 0.0667. The summed E-state index contributed by atoms with van der Waals surface area (Å²) in [6, 6.07) is 10.1. The lowest BCUT2D eigenvalue weighted by Crippen LogP contribution is -2.10. The minimum Gasteiger partial charge on any atom is -0.248 e. The van der Waals surface area contributed by atoms with Crippen molar-refractivity contribution in [2.45, 2.75) is 10.1 Å². The van der Waals surface area contributed by atoms with Crippen molar-refractivity contribution in [3.8, 4) is 11.1 Å². The molecule has 0 amide bonds. The molecule has 0 aliphatic rings. The lowest BCUT2D eigenvalue weighted by molar-refractivity contribution is 0.587. The fourth-order valence-corrected chi connectivity index (χ4v) is 3.52. The summed E-state index contributed by atoms with van der Waals surface area (Å²) < 4.78 is 26.2. The summed E-state index contributed by atoms with van der Waals surface area (Å²) in [6.07, 6.45) is 8.37. The highest BCUT2D eigenvalue weighted by Crippen LogP contribution is 2.22. The molecule has 0 bridgehead atoms. The first-order valence-electron chi connectivity index (χ1n) is 6.46. The highest BCUT2D eigenvalue weighted by atomic mass is 32.2. The first kappa shape index (κ1) is 14.8. The number of rotatable bonds is 4. The lowest BCUT2D eigenvalue weighted by atomic mass is 10.2. The van der Waals surface area contributed by atoms with Crippen LogP contribution >= 0.6 is 11.8 Å². The quantitative estimate of drug-likeness (QED) is 0.543. The van der Waals surface area contributed by atoms with Gasteiger partial charge in [0, 0.05) is 35.9 Å². The molecule has 0 spiro atoms. The molecule has 0 unspecified atom stereocenters. The zero-order chi connectivity index (χ0) is 15.6. The van der Waals surface area contributed by atoms with E-state index in [0.29, 0.717) is 5.16 Å². The van der Waals surface area contributed by atoms with Crippen LogP contribution in [-0.4, -0.2) is 28.6 Å². The normalized spacial score (nSPS) is 11.5. The van der Waals surface area contributed by atoms with Crippen LogP contribution in [0.15, 0.2) is 71.2 Å². The molecule has 2 heterocycles. The largest absolute Gasteiger partial charge is 0.267 e. The van der Waals surface area contributed by atoms with Crippen molar-refractivity contribution in [1.82, 2.24) is 13.9 Å². The number of benzene rings is 1. The molecule has 22 heavy (non-hydrogen) atoms. The summed E-state index contributed by atoms with van der Waals surface area (Å²) >= 11 is 1.46. The molecule has 0 N–H and O–H groups in total. The van der Waals surface area contributed by atoms with Gasteiger partial charge in [-0.05, 0) is 24.5 Å². The topological polar surface area (TPSA) is 64.8 Å². The van der Waals surface area contributed by atoms with Gasteiger partial charge in [-0.3, -0.25) is 0 Å². The molecule has 7 heteroatoms. The van der Waals surface area contributed by atoms with E-state index in [2.05, 4.69) is 9.97 Å². The van der Waals surface area contributed by atoms with Crippen LogP contribution in [0.25, 0.3) is 11.1 Å². The van der Waals surface area contributed by atoms with Crippen molar-refractivity contribution in [1.29, 1.82) is 0 Å². The highest BCUT2D eigenvalue weighted by molar-refractivity contribution is 7.98. The summed E-state index contributed by atoms with van der Waals surface area (Å²) in [5, 5.41) is 0.681. The predicted octanol–water partition coefficient (Wildman–Crippen LogP) is 2.90. The fourth-order valence-electron chi connectivity index (χ4n) is 1.98. The standard InChI is InChI=1S/C15H13N3O2S2/c1-21-15-16-9-13(10-17-15)12-7-8-18(11-12)22(19,20)14-5-3-2-4-6-14/h2-11H,1H3. The van der Waals surface area contributed by atoms with Crippen molar-refractivity contribution < 1.29 is 8.42 Å². The average molecular weight is 331 g/mol. The summed E-state index contributed by atoms with van der Waals surface area (Å²) in [4.78, 5) is 8.65. The van der Waals surface area contributed by atoms with Crippen LogP contribution in [0.4, 0.5) is 0 Å². The van der Waals surface area contributed by atoms with Crippen molar-refractivity contribution in [2.75, 3.05) is 6.26 Å². The third kappa shape index (κ3) is 2.77. The molecule has 112 valence electrons. The van der Waals surface area contributed by atoms with Crippen LogP contribution in [0.5, 0.6) is 0 Å². The third-order valence-corrected chi connectivity index (χ3v) is 5.36. The molecule has 1 aromatic carbocycles. The molecule has 3 rings (SSSR count). The Hall–Kier alpha value is -2.12. The monoisotopic (exact) mass is 331 g/mol. The molecule has 0 radical (unpaired) electrons. The SMILES string of the molecule is CSc1ncc(-c2ccn(S(=O)(=O)c3ccccc3)c2)cn1. The highest BCUT2D eigenvalue weighted by Gasteiger charge is 2.16. The van der Waals surface area contributed by atoms with Gasteiger partial charge in [0.2, 0.25) is 0 Å². The molecule has 0 aliphatic carbocycles. The summed E-state index contributed by atoms with van der Waals surface area (Å²) in [7, 11) is -3.57. The second kappa shape index (κ2) is 5.94. The van der Waals surface area contributed by atoms with Gasteiger partial charge in [-0.15, -0.1) is 0 Å². The minimum atomic E-state index is -3.57.